The van der Waals surface area contributed by atoms with E-state index in [1.54, 1.807) is 16.2 Å². The van der Waals surface area contributed by atoms with Crippen molar-refractivity contribution in [3.8, 4) is 6.07 Å². The van der Waals surface area contributed by atoms with Gasteiger partial charge in [-0.1, -0.05) is 0 Å². The van der Waals surface area contributed by atoms with Crippen molar-refractivity contribution in [3.05, 3.63) is 19.9 Å². The summed E-state index contributed by atoms with van der Waals surface area (Å²) in [6, 6.07) is 3.67. The summed E-state index contributed by atoms with van der Waals surface area (Å²) in [4.78, 5) is 13.8. The number of carbonyl (C=O) groups is 1. The first-order valence-electron chi connectivity index (χ1n) is 4.87. The summed E-state index contributed by atoms with van der Waals surface area (Å²) in [7, 11) is 0. The van der Waals surface area contributed by atoms with Crippen LogP contribution in [0.3, 0.4) is 0 Å². The van der Waals surface area contributed by atoms with Gasteiger partial charge in [0.2, 0.25) is 0 Å². The Hall–Kier alpha value is -0.650. The second kappa shape index (κ2) is 5.12. The van der Waals surface area contributed by atoms with E-state index in [0.29, 0.717) is 18.7 Å². The lowest BCUT2D eigenvalue weighted by Gasteiger charge is -2.31. The first-order valence-corrected chi connectivity index (χ1v) is 6.83. The molecule has 0 aromatic carbocycles. The number of hydrogen-bond acceptors (Lipinski definition) is 4. The minimum absolute atomic E-state index is 0.0350. The van der Waals surface area contributed by atoms with Gasteiger partial charge < -0.3 is 10.2 Å². The minimum atomic E-state index is -0.348. The molecule has 1 aliphatic heterocycles. The molecule has 0 aliphatic carbocycles. The molecule has 1 N–H and O–H groups in total. The highest BCUT2D eigenvalue weighted by Crippen LogP contribution is 2.19. The monoisotopic (exact) mass is 347 g/mol. The summed E-state index contributed by atoms with van der Waals surface area (Å²) in [5.74, 6) is -0.0350. The molecule has 1 unspecified atom stereocenters. The zero-order valence-electron chi connectivity index (χ0n) is 8.44. The lowest BCUT2D eigenvalue weighted by molar-refractivity contribution is 0.0687. The van der Waals surface area contributed by atoms with Crippen LogP contribution in [0.5, 0.6) is 0 Å². The predicted molar refractivity (Wildman–Crippen MR) is 70.3 cm³/mol. The average molecular weight is 347 g/mol. The fourth-order valence-electron chi connectivity index (χ4n) is 1.65. The van der Waals surface area contributed by atoms with Gasteiger partial charge in [0.1, 0.15) is 6.04 Å². The van der Waals surface area contributed by atoms with E-state index in [-0.39, 0.29) is 11.9 Å². The predicted octanol–water partition coefficient (Wildman–Crippen LogP) is 1.29. The SMILES string of the molecule is N#CC1CNCCN1C(=O)c1csc(I)c1. The third-order valence-electron chi connectivity index (χ3n) is 2.47. The van der Waals surface area contributed by atoms with Crippen molar-refractivity contribution in [2.45, 2.75) is 6.04 Å². The second-order valence-corrected chi connectivity index (χ2v) is 6.29. The summed E-state index contributed by atoms with van der Waals surface area (Å²) in [6.45, 7) is 1.91. The van der Waals surface area contributed by atoms with E-state index in [4.69, 9.17) is 5.26 Å². The number of nitrogens with one attached hydrogen (secondary N) is 1. The first-order chi connectivity index (χ1) is 7.72. The largest absolute Gasteiger partial charge is 0.320 e. The van der Waals surface area contributed by atoms with Gasteiger partial charge in [-0.3, -0.25) is 4.79 Å². The van der Waals surface area contributed by atoms with Crippen molar-refractivity contribution in [1.82, 2.24) is 10.2 Å². The molecule has 0 saturated carbocycles. The molecule has 1 amide bonds. The van der Waals surface area contributed by atoms with Crippen LogP contribution >= 0.6 is 33.9 Å². The lowest BCUT2D eigenvalue weighted by Crippen LogP contribution is -2.52. The van der Waals surface area contributed by atoms with Gasteiger partial charge in [-0.15, -0.1) is 11.3 Å². The number of rotatable bonds is 1. The Bertz CT molecular complexity index is 440. The average Bonchev–Trinajstić information content (AvgIpc) is 2.75. The zero-order valence-corrected chi connectivity index (χ0v) is 11.4. The molecule has 6 heteroatoms. The topological polar surface area (TPSA) is 56.1 Å². The number of thiophene rings is 1. The van der Waals surface area contributed by atoms with Crippen LogP contribution in [0.1, 0.15) is 10.4 Å². The van der Waals surface area contributed by atoms with E-state index >= 15 is 0 Å². The number of halogens is 1. The van der Waals surface area contributed by atoms with Crippen molar-refractivity contribution in [2.24, 2.45) is 0 Å². The van der Waals surface area contributed by atoms with Crippen LogP contribution in [-0.2, 0) is 0 Å². The highest BCUT2D eigenvalue weighted by molar-refractivity contribution is 14.1. The maximum Gasteiger partial charge on any atom is 0.255 e. The van der Waals surface area contributed by atoms with E-state index in [2.05, 4.69) is 34.0 Å². The second-order valence-electron chi connectivity index (χ2n) is 3.49. The Labute approximate surface area is 111 Å². The van der Waals surface area contributed by atoms with E-state index in [9.17, 15) is 4.79 Å². The molecule has 1 aromatic heterocycles. The third kappa shape index (κ3) is 2.36. The number of hydrogen-bond donors (Lipinski definition) is 1. The van der Waals surface area contributed by atoms with Crippen LogP contribution in [-0.4, -0.2) is 36.5 Å². The Balaban J connectivity index is 2.17. The van der Waals surface area contributed by atoms with Crippen LogP contribution in [0, 0.1) is 14.2 Å². The smallest absolute Gasteiger partial charge is 0.255 e. The maximum absolute atomic E-state index is 12.1. The number of nitriles is 1. The van der Waals surface area contributed by atoms with Crippen molar-refractivity contribution in [2.75, 3.05) is 19.6 Å². The summed E-state index contributed by atoms with van der Waals surface area (Å²) in [5, 5.41) is 13.9. The van der Waals surface area contributed by atoms with Gasteiger partial charge in [-0.2, -0.15) is 5.26 Å². The van der Waals surface area contributed by atoms with Gasteiger partial charge in [-0.05, 0) is 28.7 Å². The minimum Gasteiger partial charge on any atom is -0.320 e. The molecule has 4 nitrogen and oxygen atoms in total. The number of piperazine rings is 1. The summed E-state index contributed by atoms with van der Waals surface area (Å²) < 4.78 is 1.09. The van der Waals surface area contributed by atoms with Gasteiger partial charge in [0.05, 0.1) is 14.5 Å². The fraction of sp³-hybridized carbons (Fsp3) is 0.400. The van der Waals surface area contributed by atoms with Gasteiger partial charge in [0, 0.05) is 25.0 Å². The lowest BCUT2D eigenvalue weighted by atomic mass is 10.2. The highest BCUT2D eigenvalue weighted by atomic mass is 127. The summed E-state index contributed by atoms with van der Waals surface area (Å²) in [6.07, 6.45) is 0. The van der Waals surface area contributed by atoms with E-state index in [1.807, 2.05) is 11.4 Å². The normalized spacial score (nSPS) is 20.5. The van der Waals surface area contributed by atoms with Gasteiger partial charge in [0.15, 0.2) is 0 Å². The van der Waals surface area contributed by atoms with Crippen molar-refractivity contribution in [1.29, 1.82) is 5.26 Å². The number of carbonyl (C=O) groups excluding carboxylic acids is 1. The first kappa shape index (κ1) is 11.8. The Morgan fingerprint density at radius 1 is 1.75 bits per heavy atom. The summed E-state index contributed by atoms with van der Waals surface area (Å²) in [5.41, 5.74) is 0.691. The quantitative estimate of drug-likeness (QED) is 0.779. The van der Waals surface area contributed by atoms with Crippen molar-refractivity contribution in [3.63, 3.8) is 0 Å². The Morgan fingerprint density at radius 3 is 3.19 bits per heavy atom. The summed E-state index contributed by atoms with van der Waals surface area (Å²) >= 11 is 3.74. The molecule has 1 fully saturated rings. The molecule has 1 aliphatic rings. The molecule has 1 aromatic rings. The Morgan fingerprint density at radius 2 is 2.56 bits per heavy atom. The van der Waals surface area contributed by atoms with Gasteiger partial charge in [-0.25, -0.2) is 0 Å². The highest BCUT2D eigenvalue weighted by Gasteiger charge is 2.27. The van der Waals surface area contributed by atoms with E-state index in [1.165, 1.54) is 0 Å². The molecule has 0 bridgehead atoms. The number of amides is 1. The van der Waals surface area contributed by atoms with Gasteiger partial charge in [0.25, 0.3) is 5.91 Å². The molecule has 0 spiro atoms. The molecule has 1 atom stereocenters. The van der Waals surface area contributed by atoms with Gasteiger partial charge >= 0.3 is 0 Å². The number of nitrogens with zero attached hydrogens (tertiary/aromatic N) is 2. The van der Waals surface area contributed by atoms with Crippen LogP contribution in [0.25, 0.3) is 0 Å². The van der Waals surface area contributed by atoms with Crippen molar-refractivity contribution >= 4 is 39.8 Å². The van der Waals surface area contributed by atoms with Crippen LogP contribution in [0.15, 0.2) is 11.4 Å². The van der Waals surface area contributed by atoms with E-state index in [0.717, 1.165) is 9.43 Å². The Kier molecular flexibility index (Phi) is 3.78. The molecule has 2 rings (SSSR count). The van der Waals surface area contributed by atoms with Crippen molar-refractivity contribution < 1.29 is 4.79 Å². The molecule has 1 saturated heterocycles. The molecule has 16 heavy (non-hydrogen) atoms. The van der Waals surface area contributed by atoms with Crippen LogP contribution < -0.4 is 5.32 Å². The van der Waals surface area contributed by atoms with Crippen LogP contribution in [0.4, 0.5) is 0 Å². The molecular weight excluding hydrogens is 337 g/mol. The molecule has 2 heterocycles. The van der Waals surface area contributed by atoms with E-state index < -0.39 is 0 Å². The molecule has 84 valence electrons. The molecular formula is C10H10IN3OS. The third-order valence-corrected chi connectivity index (χ3v) is 4.26. The van der Waals surface area contributed by atoms with Crippen LogP contribution in [0.2, 0.25) is 0 Å². The maximum atomic E-state index is 12.1. The molecule has 0 radical (unpaired) electrons. The fourth-order valence-corrected chi connectivity index (χ4v) is 2.97. The standard InChI is InChI=1S/C10H10IN3OS/c11-9-3-7(6-16-9)10(15)14-2-1-13-5-8(14)4-12/h3,6,8,13H,1-2,5H2. The zero-order chi connectivity index (χ0) is 11.5.